The number of hydrogen-bond donors (Lipinski definition) is 2. The fourth-order valence-corrected chi connectivity index (χ4v) is 1.83. The molecule has 0 aliphatic carbocycles. The van der Waals surface area contributed by atoms with E-state index in [0.717, 1.165) is 0 Å². The Kier molecular flexibility index (Phi) is 9.41. The summed E-state index contributed by atoms with van der Waals surface area (Å²) in [4.78, 5) is 35.5. The Bertz CT molecular complexity index is 329. The number of nitrogens with one attached hydrogen (secondary N) is 1. The fourth-order valence-electron chi connectivity index (χ4n) is 1.83. The summed E-state index contributed by atoms with van der Waals surface area (Å²) in [5, 5.41) is 11.4. The number of aliphatic carboxylic acids is 1. The molecule has 0 aromatic rings. The highest BCUT2D eigenvalue weighted by molar-refractivity contribution is 5.79. The summed E-state index contributed by atoms with van der Waals surface area (Å²) >= 11 is 0. The molecule has 0 aromatic heterocycles. The van der Waals surface area contributed by atoms with E-state index >= 15 is 0 Å². The quantitative estimate of drug-likeness (QED) is 0.633. The lowest BCUT2D eigenvalue weighted by Gasteiger charge is -2.24. The second-order valence-corrected chi connectivity index (χ2v) is 5.18. The molecule has 6 nitrogen and oxygen atoms in total. The maximum atomic E-state index is 12.0. The van der Waals surface area contributed by atoms with Gasteiger partial charge in [0, 0.05) is 32.5 Å². The number of rotatable bonds is 10. The van der Waals surface area contributed by atoms with Crippen LogP contribution < -0.4 is 5.32 Å². The first kappa shape index (κ1) is 18.4. The minimum Gasteiger partial charge on any atom is -0.481 e. The zero-order chi connectivity index (χ0) is 15.5. The van der Waals surface area contributed by atoms with Crippen molar-refractivity contribution in [2.45, 2.75) is 46.5 Å². The Labute approximate surface area is 120 Å². The van der Waals surface area contributed by atoms with Gasteiger partial charge in [-0.15, -0.1) is 0 Å². The van der Waals surface area contributed by atoms with Crippen molar-refractivity contribution in [2.24, 2.45) is 5.92 Å². The van der Waals surface area contributed by atoms with Crippen LogP contribution in [0.3, 0.4) is 0 Å². The smallest absolute Gasteiger partial charge is 0.305 e. The minimum absolute atomic E-state index is 0.0468. The lowest BCUT2D eigenvalue weighted by Crippen LogP contribution is -2.36. The van der Waals surface area contributed by atoms with E-state index in [1.54, 1.807) is 4.90 Å². The average Bonchev–Trinajstić information content (AvgIpc) is 2.34. The predicted octanol–water partition coefficient (Wildman–Crippen LogP) is 1.25. The molecule has 0 saturated carbocycles. The molecule has 0 atom stereocenters. The van der Waals surface area contributed by atoms with Crippen molar-refractivity contribution in [3.8, 4) is 0 Å². The molecule has 0 rings (SSSR count). The molecular formula is C14H26N2O4. The van der Waals surface area contributed by atoms with Crippen molar-refractivity contribution in [1.82, 2.24) is 10.2 Å². The molecule has 0 fully saturated rings. The van der Waals surface area contributed by atoms with Crippen LogP contribution in [-0.2, 0) is 14.4 Å². The van der Waals surface area contributed by atoms with Crippen LogP contribution in [0.4, 0.5) is 0 Å². The van der Waals surface area contributed by atoms with Crippen LogP contribution in [0.25, 0.3) is 0 Å². The minimum atomic E-state index is -0.908. The summed E-state index contributed by atoms with van der Waals surface area (Å²) in [6.07, 6.45) is 1.05. The maximum Gasteiger partial charge on any atom is 0.305 e. The highest BCUT2D eigenvalue weighted by atomic mass is 16.4. The molecule has 0 spiro atoms. The van der Waals surface area contributed by atoms with Crippen LogP contribution in [0.1, 0.15) is 46.5 Å². The molecule has 0 aliphatic rings. The topological polar surface area (TPSA) is 86.7 Å². The second kappa shape index (κ2) is 10.2. The molecule has 0 radical (unpaired) electrons. The molecule has 6 heteroatoms. The second-order valence-electron chi connectivity index (χ2n) is 5.18. The molecule has 0 saturated heterocycles. The monoisotopic (exact) mass is 286 g/mol. The highest BCUT2D eigenvalue weighted by Crippen LogP contribution is 2.06. The summed E-state index contributed by atoms with van der Waals surface area (Å²) in [5.74, 6) is -0.754. The first-order valence-electron chi connectivity index (χ1n) is 7.13. The van der Waals surface area contributed by atoms with Gasteiger partial charge in [-0.1, -0.05) is 13.8 Å². The van der Waals surface area contributed by atoms with Gasteiger partial charge in [0.1, 0.15) is 0 Å². The van der Waals surface area contributed by atoms with Crippen molar-refractivity contribution in [2.75, 3.05) is 19.6 Å². The van der Waals surface area contributed by atoms with Crippen LogP contribution in [0.15, 0.2) is 0 Å². The summed E-state index contributed by atoms with van der Waals surface area (Å²) in [5.41, 5.74) is 0. The molecule has 2 amide bonds. The van der Waals surface area contributed by atoms with Gasteiger partial charge in [-0.25, -0.2) is 0 Å². The third kappa shape index (κ3) is 9.35. The van der Waals surface area contributed by atoms with E-state index in [0.29, 0.717) is 25.9 Å². The number of hydrogen-bond acceptors (Lipinski definition) is 3. The van der Waals surface area contributed by atoms with E-state index in [1.165, 1.54) is 0 Å². The van der Waals surface area contributed by atoms with E-state index in [-0.39, 0.29) is 37.1 Å². The number of carboxylic acid groups (broad SMARTS) is 1. The van der Waals surface area contributed by atoms with Crippen LogP contribution in [0, 0.1) is 5.92 Å². The normalized spacial score (nSPS) is 10.4. The molecule has 2 N–H and O–H groups in total. The third-order valence-electron chi connectivity index (χ3n) is 2.70. The average molecular weight is 286 g/mol. The fraction of sp³-hybridized carbons (Fsp3) is 0.786. The van der Waals surface area contributed by atoms with Crippen molar-refractivity contribution in [3.63, 3.8) is 0 Å². The van der Waals surface area contributed by atoms with Gasteiger partial charge in [-0.05, 0) is 19.3 Å². The van der Waals surface area contributed by atoms with E-state index in [9.17, 15) is 14.4 Å². The van der Waals surface area contributed by atoms with Gasteiger partial charge >= 0.3 is 5.97 Å². The predicted molar refractivity (Wildman–Crippen MR) is 76.2 cm³/mol. The molecule has 0 unspecified atom stereocenters. The molecule has 0 heterocycles. The van der Waals surface area contributed by atoms with E-state index in [2.05, 4.69) is 5.32 Å². The first-order chi connectivity index (χ1) is 9.36. The summed E-state index contributed by atoms with van der Waals surface area (Å²) < 4.78 is 0. The zero-order valence-corrected chi connectivity index (χ0v) is 12.6. The third-order valence-corrected chi connectivity index (χ3v) is 2.70. The largest absolute Gasteiger partial charge is 0.481 e. The van der Waals surface area contributed by atoms with Crippen molar-refractivity contribution >= 4 is 17.8 Å². The van der Waals surface area contributed by atoms with E-state index < -0.39 is 5.97 Å². The lowest BCUT2D eigenvalue weighted by molar-refractivity contribution is -0.138. The van der Waals surface area contributed by atoms with Gasteiger partial charge < -0.3 is 15.3 Å². The van der Waals surface area contributed by atoms with Crippen molar-refractivity contribution in [1.29, 1.82) is 0 Å². The van der Waals surface area contributed by atoms with Gasteiger partial charge in [-0.3, -0.25) is 14.4 Å². The number of carbonyl (C=O) groups is 3. The molecule has 116 valence electrons. The van der Waals surface area contributed by atoms with Gasteiger partial charge in [0.15, 0.2) is 0 Å². The Morgan fingerprint density at radius 1 is 1.15 bits per heavy atom. The van der Waals surface area contributed by atoms with Gasteiger partial charge in [0.05, 0.1) is 6.42 Å². The highest BCUT2D eigenvalue weighted by Gasteiger charge is 2.16. The van der Waals surface area contributed by atoms with Crippen LogP contribution >= 0.6 is 0 Å². The van der Waals surface area contributed by atoms with Crippen molar-refractivity contribution < 1.29 is 19.5 Å². The Morgan fingerprint density at radius 2 is 1.80 bits per heavy atom. The van der Waals surface area contributed by atoms with Crippen molar-refractivity contribution in [3.05, 3.63) is 0 Å². The van der Waals surface area contributed by atoms with Crippen LogP contribution in [0.2, 0.25) is 0 Å². The molecule has 0 bridgehead atoms. The Hall–Kier alpha value is -1.59. The lowest BCUT2D eigenvalue weighted by atomic mass is 10.1. The van der Waals surface area contributed by atoms with E-state index in [4.69, 9.17) is 5.11 Å². The number of nitrogens with zero attached hydrogens (tertiary/aromatic N) is 1. The molecule has 0 aliphatic heterocycles. The molecular weight excluding hydrogens is 260 g/mol. The van der Waals surface area contributed by atoms with E-state index in [1.807, 2.05) is 20.8 Å². The Balaban J connectivity index is 4.18. The van der Waals surface area contributed by atoms with Gasteiger partial charge in [0.25, 0.3) is 0 Å². The standard InChI is InChI=1S/C14H26N2O4/c1-4-15-12(17)6-5-7-13(18)16(10-11(2)3)9-8-14(19)20/h11H,4-10H2,1-3H3,(H,15,17)(H,19,20). The van der Waals surface area contributed by atoms with Gasteiger partial charge in [-0.2, -0.15) is 0 Å². The molecule has 20 heavy (non-hydrogen) atoms. The summed E-state index contributed by atoms with van der Waals surface area (Å²) in [6, 6.07) is 0. The maximum absolute atomic E-state index is 12.0. The van der Waals surface area contributed by atoms with Gasteiger partial charge in [0.2, 0.25) is 11.8 Å². The summed E-state index contributed by atoms with van der Waals surface area (Å²) in [6.45, 7) is 7.18. The number of amides is 2. The SMILES string of the molecule is CCNC(=O)CCCC(=O)N(CCC(=O)O)CC(C)C. The number of carbonyl (C=O) groups excluding carboxylic acids is 2. The summed E-state index contributed by atoms with van der Waals surface area (Å²) in [7, 11) is 0. The number of carboxylic acids is 1. The van der Waals surface area contributed by atoms with Crippen LogP contribution in [-0.4, -0.2) is 47.4 Å². The Morgan fingerprint density at radius 3 is 2.30 bits per heavy atom. The zero-order valence-electron chi connectivity index (χ0n) is 12.6. The first-order valence-corrected chi connectivity index (χ1v) is 7.13. The van der Waals surface area contributed by atoms with Crippen LogP contribution in [0.5, 0.6) is 0 Å². The molecule has 0 aromatic carbocycles.